The summed E-state index contributed by atoms with van der Waals surface area (Å²) in [5, 5.41) is 12.0. The van der Waals surface area contributed by atoms with Crippen molar-refractivity contribution in [2.24, 2.45) is 11.1 Å². The molecule has 1 unspecified atom stereocenters. The molecule has 16 heavy (non-hydrogen) atoms. The molecule has 1 fully saturated rings. The number of piperidine rings is 1. The highest BCUT2D eigenvalue weighted by Crippen LogP contribution is 2.16. The highest BCUT2D eigenvalue weighted by atomic mass is 16.4. The van der Waals surface area contributed by atoms with Crippen LogP contribution in [0.5, 0.6) is 0 Å². The average Bonchev–Trinajstić information content (AvgIpc) is 2.81. The minimum absolute atomic E-state index is 0.0951. The summed E-state index contributed by atoms with van der Waals surface area (Å²) in [5.41, 5.74) is 0.753. The second-order valence-corrected chi connectivity index (χ2v) is 3.97. The van der Waals surface area contributed by atoms with Gasteiger partial charge in [0.05, 0.1) is 12.0 Å². The van der Waals surface area contributed by atoms with Crippen molar-refractivity contribution in [2.75, 3.05) is 13.1 Å². The molecule has 1 aliphatic heterocycles. The largest absolute Gasteiger partial charge is 0.459 e. The van der Waals surface area contributed by atoms with E-state index in [0.29, 0.717) is 25.3 Å². The Morgan fingerprint density at radius 1 is 1.69 bits per heavy atom. The quantitative estimate of drug-likeness (QED) is 0.579. The Kier molecular flexibility index (Phi) is 2.94. The summed E-state index contributed by atoms with van der Waals surface area (Å²) >= 11 is 0. The standard InChI is InChI=1S/C11H14N2O3/c1-8-7-13(5-4-9(8)12-15)11(14)10-3-2-6-16-10/h2-3,6,8,15H,4-5,7H2,1H3/b12-9+. The number of carbonyl (C=O) groups excluding carboxylic acids is 1. The van der Waals surface area contributed by atoms with Crippen LogP contribution in [0.25, 0.3) is 0 Å². The molecule has 0 spiro atoms. The first kappa shape index (κ1) is 10.7. The molecule has 5 heteroatoms. The van der Waals surface area contributed by atoms with E-state index < -0.39 is 0 Å². The third-order valence-corrected chi connectivity index (χ3v) is 2.85. The van der Waals surface area contributed by atoms with Gasteiger partial charge in [0.2, 0.25) is 0 Å². The van der Waals surface area contributed by atoms with Gasteiger partial charge in [-0.3, -0.25) is 4.79 Å². The first-order chi connectivity index (χ1) is 7.72. The maximum absolute atomic E-state index is 11.9. The Hall–Kier alpha value is -1.78. The van der Waals surface area contributed by atoms with Crippen LogP contribution >= 0.6 is 0 Å². The van der Waals surface area contributed by atoms with E-state index in [-0.39, 0.29) is 11.8 Å². The Balaban J connectivity index is 2.06. The first-order valence-electron chi connectivity index (χ1n) is 5.26. The normalized spacial score (nSPS) is 23.7. The lowest BCUT2D eigenvalue weighted by Gasteiger charge is -2.30. The van der Waals surface area contributed by atoms with Gasteiger partial charge in [-0.1, -0.05) is 12.1 Å². The highest BCUT2D eigenvalue weighted by Gasteiger charge is 2.27. The first-order valence-corrected chi connectivity index (χ1v) is 5.26. The minimum Gasteiger partial charge on any atom is -0.459 e. The van der Waals surface area contributed by atoms with Gasteiger partial charge in [0.15, 0.2) is 5.76 Å². The smallest absolute Gasteiger partial charge is 0.289 e. The van der Waals surface area contributed by atoms with Crippen LogP contribution in [0, 0.1) is 5.92 Å². The predicted octanol–water partition coefficient (Wildman–Crippen LogP) is 1.59. The van der Waals surface area contributed by atoms with Crippen LogP contribution in [0.3, 0.4) is 0 Å². The van der Waals surface area contributed by atoms with E-state index in [1.54, 1.807) is 17.0 Å². The zero-order valence-corrected chi connectivity index (χ0v) is 9.09. The third kappa shape index (κ3) is 1.93. The number of rotatable bonds is 1. The van der Waals surface area contributed by atoms with Gasteiger partial charge < -0.3 is 14.5 Å². The fourth-order valence-electron chi connectivity index (χ4n) is 1.91. The summed E-state index contributed by atoms with van der Waals surface area (Å²) in [5.74, 6) is 0.350. The molecule has 0 saturated carbocycles. The number of oxime groups is 1. The second kappa shape index (κ2) is 4.38. The molecule has 0 aromatic carbocycles. The van der Waals surface area contributed by atoms with Gasteiger partial charge in [0.25, 0.3) is 5.91 Å². The van der Waals surface area contributed by atoms with E-state index in [1.165, 1.54) is 6.26 Å². The molecule has 5 nitrogen and oxygen atoms in total. The molecule has 86 valence electrons. The summed E-state index contributed by atoms with van der Waals surface area (Å²) in [6, 6.07) is 3.35. The molecule has 0 aliphatic carbocycles. The maximum Gasteiger partial charge on any atom is 0.289 e. The molecule has 2 rings (SSSR count). The van der Waals surface area contributed by atoms with Crippen LogP contribution in [0.15, 0.2) is 28.0 Å². The number of amides is 1. The predicted molar refractivity (Wildman–Crippen MR) is 57.6 cm³/mol. The molecule has 1 saturated heterocycles. The molecule has 1 N–H and O–H groups in total. The lowest BCUT2D eigenvalue weighted by Crippen LogP contribution is -2.43. The minimum atomic E-state index is -0.103. The fraction of sp³-hybridized carbons (Fsp3) is 0.455. The second-order valence-electron chi connectivity index (χ2n) is 3.97. The van der Waals surface area contributed by atoms with Crippen LogP contribution in [0.2, 0.25) is 0 Å². The van der Waals surface area contributed by atoms with E-state index in [1.807, 2.05) is 6.92 Å². The van der Waals surface area contributed by atoms with Crippen LogP contribution in [-0.4, -0.2) is 34.8 Å². The molecule has 1 atom stereocenters. The van der Waals surface area contributed by atoms with Gasteiger partial charge >= 0.3 is 0 Å². The molecule has 0 bridgehead atoms. The lowest BCUT2D eigenvalue weighted by atomic mass is 9.97. The molecular formula is C11H14N2O3. The van der Waals surface area contributed by atoms with Crippen molar-refractivity contribution in [3.8, 4) is 0 Å². The van der Waals surface area contributed by atoms with E-state index in [2.05, 4.69) is 5.16 Å². The van der Waals surface area contributed by atoms with Crippen molar-refractivity contribution in [1.29, 1.82) is 0 Å². The van der Waals surface area contributed by atoms with Crippen molar-refractivity contribution in [1.82, 2.24) is 4.90 Å². The third-order valence-electron chi connectivity index (χ3n) is 2.85. The Bertz CT molecular complexity index is 397. The van der Waals surface area contributed by atoms with Gasteiger partial charge in [-0.05, 0) is 12.1 Å². The van der Waals surface area contributed by atoms with Gasteiger partial charge in [-0.2, -0.15) is 0 Å². The van der Waals surface area contributed by atoms with E-state index in [9.17, 15) is 4.79 Å². The SMILES string of the molecule is CC1CN(C(=O)c2ccco2)CC/C1=N\O. The molecule has 1 aromatic rings. The Morgan fingerprint density at radius 2 is 2.50 bits per heavy atom. The molecule has 1 aliphatic rings. The summed E-state index contributed by atoms with van der Waals surface area (Å²) in [6.45, 7) is 3.08. The molecule has 0 radical (unpaired) electrons. The lowest BCUT2D eigenvalue weighted by molar-refractivity contribution is 0.0702. The molecular weight excluding hydrogens is 208 g/mol. The highest BCUT2D eigenvalue weighted by molar-refractivity contribution is 5.94. The van der Waals surface area contributed by atoms with Crippen LogP contribution in [-0.2, 0) is 0 Å². The maximum atomic E-state index is 11.9. The average molecular weight is 222 g/mol. The van der Waals surface area contributed by atoms with Crippen LogP contribution < -0.4 is 0 Å². The molecule has 2 heterocycles. The number of likely N-dealkylation sites (tertiary alicyclic amines) is 1. The van der Waals surface area contributed by atoms with E-state index in [0.717, 1.165) is 5.71 Å². The monoisotopic (exact) mass is 222 g/mol. The zero-order chi connectivity index (χ0) is 11.5. The van der Waals surface area contributed by atoms with Gasteiger partial charge in [0.1, 0.15) is 0 Å². The number of hydrogen-bond acceptors (Lipinski definition) is 4. The summed E-state index contributed by atoms with van der Waals surface area (Å²) in [4.78, 5) is 13.7. The van der Waals surface area contributed by atoms with E-state index in [4.69, 9.17) is 9.62 Å². The summed E-state index contributed by atoms with van der Waals surface area (Å²) in [6.07, 6.45) is 2.10. The van der Waals surface area contributed by atoms with Crippen LogP contribution in [0.1, 0.15) is 23.9 Å². The summed E-state index contributed by atoms with van der Waals surface area (Å²) in [7, 11) is 0. The zero-order valence-electron chi connectivity index (χ0n) is 9.09. The van der Waals surface area contributed by atoms with Crippen molar-refractivity contribution in [3.63, 3.8) is 0 Å². The van der Waals surface area contributed by atoms with Crippen molar-refractivity contribution >= 4 is 11.6 Å². The van der Waals surface area contributed by atoms with Gasteiger partial charge in [-0.15, -0.1) is 0 Å². The van der Waals surface area contributed by atoms with Crippen molar-refractivity contribution in [2.45, 2.75) is 13.3 Å². The molecule has 1 amide bonds. The number of furan rings is 1. The number of hydrogen-bond donors (Lipinski definition) is 1. The number of nitrogens with zero attached hydrogens (tertiary/aromatic N) is 2. The Labute approximate surface area is 93.3 Å². The van der Waals surface area contributed by atoms with Crippen molar-refractivity contribution in [3.05, 3.63) is 24.2 Å². The van der Waals surface area contributed by atoms with E-state index >= 15 is 0 Å². The van der Waals surface area contributed by atoms with Crippen molar-refractivity contribution < 1.29 is 14.4 Å². The molecule has 1 aromatic heterocycles. The topological polar surface area (TPSA) is 66.0 Å². The fourth-order valence-corrected chi connectivity index (χ4v) is 1.91. The summed E-state index contributed by atoms with van der Waals surface area (Å²) < 4.78 is 5.07. The number of carbonyl (C=O) groups is 1. The van der Waals surface area contributed by atoms with Gasteiger partial charge in [-0.25, -0.2) is 0 Å². The van der Waals surface area contributed by atoms with Crippen LogP contribution in [0.4, 0.5) is 0 Å². The Morgan fingerprint density at radius 3 is 3.06 bits per heavy atom. The van der Waals surface area contributed by atoms with Gasteiger partial charge in [0, 0.05) is 25.4 Å².